The molecule has 2 aromatic carbocycles. The molecule has 26 heavy (non-hydrogen) atoms. The van der Waals surface area contributed by atoms with Gasteiger partial charge in [-0.05, 0) is 36.7 Å². The van der Waals surface area contributed by atoms with Gasteiger partial charge < -0.3 is 14.2 Å². The molecule has 2 heterocycles. The van der Waals surface area contributed by atoms with Gasteiger partial charge in [0.15, 0.2) is 0 Å². The molecule has 140 valence electrons. The summed E-state index contributed by atoms with van der Waals surface area (Å²) in [6.45, 7) is 6.33. The van der Waals surface area contributed by atoms with Crippen molar-refractivity contribution in [2.24, 2.45) is 0 Å². The predicted octanol–water partition coefficient (Wildman–Crippen LogP) is 4.23. The zero-order valence-electron chi connectivity index (χ0n) is 15.1. The van der Waals surface area contributed by atoms with Crippen LogP contribution in [-0.4, -0.2) is 37.2 Å². The minimum atomic E-state index is 0. The third kappa shape index (κ3) is 3.98. The number of hydrogen-bond donors (Lipinski definition) is 0. The second-order valence-corrected chi connectivity index (χ2v) is 6.60. The molecule has 0 aromatic heterocycles. The van der Waals surface area contributed by atoms with Crippen molar-refractivity contribution in [2.45, 2.75) is 32.1 Å². The lowest BCUT2D eigenvalue weighted by atomic mass is 9.97. The predicted molar refractivity (Wildman–Crippen MR) is 104 cm³/mol. The van der Waals surface area contributed by atoms with Crippen LogP contribution < -0.4 is 9.47 Å². The third-order valence-corrected chi connectivity index (χ3v) is 5.11. The maximum Gasteiger partial charge on any atom is 0.125 e. The van der Waals surface area contributed by atoms with Crippen molar-refractivity contribution in [2.75, 3.05) is 26.3 Å². The highest BCUT2D eigenvalue weighted by molar-refractivity contribution is 5.85. The normalized spacial score (nSPS) is 22.2. The number of morpholine rings is 1. The second-order valence-electron chi connectivity index (χ2n) is 6.60. The molecule has 0 saturated carbocycles. The van der Waals surface area contributed by atoms with Gasteiger partial charge in [0.1, 0.15) is 24.2 Å². The Labute approximate surface area is 161 Å². The van der Waals surface area contributed by atoms with Crippen LogP contribution in [0.3, 0.4) is 0 Å². The first-order chi connectivity index (χ1) is 12.3. The number of fused-ring (bicyclic) bond motifs is 3. The lowest BCUT2D eigenvalue weighted by Crippen LogP contribution is -2.46. The van der Waals surface area contributed by atoms with Gasteiger partial charge in [-0.25, -0.2) is 0 Å². The molecule has 4 nitrogen and oxygen atoms in total. The topological polar surface area (TPSA) is 30.9 Å². The van der Waals surface area contributed by atoms with Gasteiger partial charge in [0, 0.05) is 18.2 Å². The minimum absolute atomic E-state index is 0. The van der Waals surface area contributed by atoms with Crippen LogP contribution in [0, 0.1) is 0 Å². The minimum Gasteiger partial charge on any atom is -0.493 e. The Morgan fingerprint density at radius 2 is 1.96 bits per heavy atom. The summed E-state index contributed by atoms with van der Waals surface area (Å²) in [7, 11) is 0. The molecule has 2 aliphatic heterocycles. The van der Waals surface area contributed by atoms with Crippen LogP contribution in [0.15, 0.2) is 48.5 Å². The van der Waals surface area contributed by atoms with E-state index in [1.165, 1.54) is 0 Å². The molecule has 2 aliphatic rings. The van der Waals surface area contributed by atoms with E-state index in [9.17, 15) is 0 Å². The molecule has 0 radical (unpaired) electrons. The SMILES string of the molecule is CCN1CCOC2c3cc(OCc4ccccc4)ccc3OCCC21.Cl. The molecular weight excluding hydrogens is 350 g/mol. The zero-order valence-corrected chi connectivity index (χ0v) is 15.9. The summed E-state index contributed by atoms with van der Waals surface area (Å²) < 4.78 is 18.2. The molecule has 2 aromatic rings. The number of benzene rings is 2. The standard InChI is InChI=1S/C21H25NO3.ClH/c1-2-22-11-13-24-21-18-14-17(25-15-16-6-4-3-5-7-16)8-9-20(18)23-12-10-19(21)22;/h3-9,14,19,21H,2,10-13,15H2,1H3;1H. The van der Waals surface area contributed by atoms with Crippen LogP contribution in [-0.2, 0) is 11.3 Å². The van der Waals surface area contributed by atoms with E-state index in [1.807, 2.05) is 30.3 Å². The molecule has 0 amide bonds. The quantitative estimate of drug-likeness (QED) is 0.800. The smallest absolute Gasteiger partial charge is 0.125 e. The van der Waals surface area contributed by atoms with Gasteiger partial charge in [0.25, 0.3) is 0 Å². The number of ether oxygens (including phenoxy) is 3. The van der Waals surface area contributed by atoms with Crippen LogP contribution in [0.1, 0.15) is 30.6 Å². The van der Waals surface area contributed by atoms with E-state index in [4.69, 9.17) is 14.2 Å². The van der Waals surface area contributed by atoms with Crippen LogP contribution in [0.5, 0.6) is 11.5 Å². The molecule has 5 heteroatoms. The molecule has 0 N–H and O–H groups in total. The van der Waals surface area contributed by atoms with E-state index in [0.29, 0.717) is 12.6 Å². The summed E-state index contributed by atoms with van der Waals surface area (Å²) in [5.74, 6) is 1.79. The summed E-state index contributed by atoms with van der Waals surface area (Å²) in [4.78, 5) is 2.50. The van der Waals surface area contributed by atoms with Crippen LogP contribution in [0.2, 0.25) is 0 Å². The zero-order chi connectivity index (χ0) is 17.1. The van der Waals surface area contributed by atoms with E-state index in [2.05, 4.69) is 30.0 Å². The average molecular weight is 376 g/mol. The van der Waals surface area contributed by atoms with E-state index in [-0.39, 0.29) is 18.5 Å². The Morgan fingerprint density at radius 3 is 2.77 bits per heavy atom. The van der Waals surface area contributed by atoms with Gasteiger partial charge in [0.05, 0.1) is 13.2 Å². The van der Waals surface area contributed by atoms with Crippen molar-refractivity contribution < 1.29 is 14.2 Å². The van der Waals surface area contributed by atoms with Gasteiger partial charge in [0.2, 0.25) is 0 Å². The Morgan fingerprint density at radius 1 is 1.12 bits per heavy atom. The summed E-state index contributed by atoms with van der Waals surface area (Å²) in [6, 6.07) is 16.7. The van der Waals surface area contributed by atoms with Crippen LogP contribution >= 0.6 is 12.4 Å². The number of rotatable bonds is 4. The Balaban J connectivity index is 0.00000196. The van der Waals surface area contributed by atoms with Crippen LogP contribution in [0.25, 0.3) is 0 Å². The van der Waals surface area contributed by atoms with Crippen molar-refractivity contribution in [3.8, 4) is 11.5 Å². The molecule has 2 unspecified atom stereocenters. The Kier molecular flexibility index (Phi) is 6.41. The third-order valence-electron chi connectivity index (χ3n) is 5.11. The lowest BCUT2D eigenvalue weighted by molar-refractivity contribution is -0.0725. The van der Waals surface area contributed by atoms with Crippen molar-refractivity contribution in [1.82, 2.24) is 4.90 Å². The Bertz CT molecular complexity index is 710. The van der Waals surface area contributed by atoms with Gasteiger partial charge in [-0.15, -0.1) is 12.4 Å². The van der Waals surface area contributed by atoms with Crippen molar-refractivity contribution in [3.05, 3.63) is 59.7 Å². The summed E-state index contributed by atoms with van der Waals surface area (Å²) in [5.41, 5.74) is 2.28. The monoisotopic (exact) mass is 375 g/mol. The van der Waals surface area contributed by atoms with E-state index >= 15 is 0 Å². The molecule has 0 spiro atoms. The molecule has 1 fully saturated rings. The first kappa shape index (κ1) is 19.0. The fourth-order valence-corrected chi connectivity index (χ4v) is 3.79. The van der Waals surface area contributed by atoms with Crippen molar-refractivity contribution >= 4 is 12.4 Å². The highest BCUT2D eigenvalue weighted by Crippen LogP contribution is 2.40. The van der Waals surface area contributed by atoms with Crippen molar-refractivity contribution in [1.29, 1.82) is 0 Å². The molecule has 4 rings (SSSR count). The fraction of sp³-hybridized carbons (Fsp3) is 0.429. The second kappa shape index (κ2) is 8.76. The number of likely N-dealkylation sites (N-methyl/N-ethyl adjacent to an activating group) is 1. The number of nitrogens with zero attached hydrogens (tertiary/aromatic N) is 1. The maximum atomic E-state index is 6.16. The maximum absolute atomic E-state index is 6.16. The van der Waals surface area contributed by atoms with Crippen LogP contribution in [0.4, 0.5) is 0 Å². The number of halogens is 1. The highest BCUT2D eigenvalue weighted by Gasteiger charge is 2.36. The summed E-state index contributed by atoms with van der Waals surface area (Å²) >= 11 is 0. The van der Waals surface area contributed by atoms with Gasteiger partial charge in [-0.2, -0.15) is 0 Å². The van der Waals surface area contributed by atoms with Crippen molar-refractivity contribution in [3.63, 3.8) is 0 Å². The fourth-order valence-electron chi connectivity index (χ4n) is 3.79. The first-order valence-corrected chi connectivity index (χ1v) is 9.14. The molecule has 2 atom stereocenters. The lowest BCUT2D eigenvalue weighted by Gasteiger charge is -2.39. The van der Waals surface area contributed by atoms with Gasteiger partial charge in [-0.1, -0.05) is 37.3 Å². The largest absolute Gasteiger partial charge is 0.493 e. The molecular formula is C21H26ClNO3. The van der Waals surface area contributed by atoms with E-state index < -0.39 is 0 Å². The molecule has 0 bridgehead atoms. The van der Waals surface area contributed by atoms with E-state index in [1.54, 1.807) is 0 Å². The van der Waals surface area contributed by atoms with Gasteiger partial charge >= 0.3 is 0 Å². The highest BCUT2D eigenvalue weighted by atomic mass is 35.5. The average Bonchev–Trinajstić information content (AvgIpc) is 2.86. The number of hydrogen-bond acceptors (Lipinski definition) is 4. The molecule has 1 saturated heterocycles. The van der Waals surface area contributed by atoms with Gasteiger partial charge in [-0.3, -0.25) is 4.90 Å². The molecule has 0 aliphatic carbocycles. The Hall–Kier alpha value is -1.75. The summed E-state index contributed by atoms with van der Waals surface area (Å²) in [6.07, 6.45) is 1.05. The summed E-state index contributed by atoms with van der Waals surface area (Å²) in [5, 5.41) is 0. The van der Waals surface area contributed by atoms with E-state index in [0.717, 1.165) is 55.4 Å². The first-order valence-electron chi connectivity index (χ1n) is 9.14.